The number of benzene rings is 1. The van der Waals surface area contributed by atoms with Gasteiger partial charge < -0.3 is 4.57 Å². The summed E-state index contributed by atoms with van der Waals surface area (Å²) in [6.45, 7) is 2.43. The first kappa shape index (κ1) is 9.71. The molecular weight excluding hydrogens is 186 g/mol. The van der Waals surface area contributed by atoms with E-state index in [1.165, 1.54) is 5.56 Å². The minimum atomic E-state index is 0.145. The molecule has 2 aromatic rings. The van der Waals surface area contributed by atoms with Gasteiger partial charge in [-0.05, 0) is 19.1 Å². The van der Waals surface area contributed by atoms with Crippen LogP contribution in [0.25, 0.3) is 0 Å². The Kier molecular flexibility index (Phi) is 2.68. The van der Waals surface area contributed by atoms with Gasteiger partial charge in [0.2, 0.25) is 0 Å². The second-order valence-electron chi connectivity index (χ2n) is 3.64. The molecule has 2 heteroatoms. The van der Waals surface area contributed by atoms with Gasteiger partial charge in [-0.25, -0.2) is 0 Å². The Morgan fingerprint density at radius 3 is 2.33 bits per heavy atom. The van der Waals surface area contributed by atoms with Gasteiger partial charge in [0.1, 0.15) is 0 Å². The SMILES string of the molecule is Cc1ccc(C(=O)Cn2cccc2)cc1. The van der Waals surface area contributed by atoms with Crippen molar-refractivity contribution in [2.75, 3.05) is 0 Å². The predicted molar refractivity (Wildman–Crippen MR) is 59.9 cm³/mol. The number of hydrogen-bond acceptors (Lipinski definition) is 1. The molecule has 0 spiro atoms. The predicted octanol–water partition coefficient (Wildman–Crippen LogP) is 2.68. The highest BCUT2D eigenvalue weighted by atomic mass is 16.1. The van der Waals surface area contributed by atoms with E-state index in [2.05, 4.69) is 0 Å². The zero-order valence-corrected chi connectivity index (χ0v) is 8.68. The number of carbonyl (C=O) groups is 1. The summed E-state index contributed by atoms with van der Waals surface area (Å²) < 4.78 is 1.88. The van der Waals surface area contributed by atoms with Crippen LogP contribution in [0.1, 0.15) is 15.9 Å². The van der Waals surface area contributed by atoms with Gasteiger partial charge in [-0.2, -0.15) is 0 Å². The third-order valence-corrected chi connectivity index (χ3v) is 2.37. The summed E-state index contributed by atoms with van der Waals surface area (Å²) in [6, 6.07) is 11.5. The van der Waals surface area contributed by atoms with Crippen LogP contribution in [0.15, 0.2) is 48.8 Å². The lowest BCUT2D eigenvalue weighted by Crippen LogP contribution is -2.08. The lowest BCUT2D eigenvalue weighted by molar-refractivity contribution is 0.0972. The number of aryl methyl sites for hydroxylation is 1. The normalized spacial score (nSPS) is 10.2. The average Bonchev–Trinajstić information content (AvgIpc) is 2.71. The van der Waals surface area contributed by atoms with Crippen molar-refractivity contribution in [2.24, 2.45) is 0 Å². The largest absolute Gasteiger partial charge is 0.347 e. The molecule has 0 saturated carbocycles. The lowest BCUT2D eigenvalue weighted by Gasteiger charge is -2.02. The van der Waals surface area contributed by atoms with Crippen LogP contribution in [0.3, 0.4) is 0 Å². The van der Waals surface area contributed by atoms with Gasteiger partial charge in [-0.1, -0.05) is 29.8 Å². The van der Waals surface area contributed by atoms with Crippen LogP contribution in [0, 0.1) is 6.92 Å². The van der Waals surface area contributed by atoms with E-state index in [-0.39, 0.29) is 5.78 Å². The lowest BCUT2D eigenvalue weighted by atomic mass is 10.1. The third-order valence-electron chi connectivity index (χ3n) is 2.37. The molecule has 1 heterocycles. The Bertz CT molecular complexity index is 440. The van der Waals surface area contributed by atoms with Crippen molar-refractivity contribution in [3.63, 3.8) is 0 Å². The number of aromatic nitrogens is 1. The first-order chi connectivity index (χ1) is 7.25. The molecule has 0 N–H and O–H groups in total. The zero-order valence-electron chi connectivity index (χ0n) is 8.68. The first-order valence-electron chi connectivity index (χ1n) is 4.96. The van der Waals surface area contributed by atoms with Gasteiger partial charge in [0.25, 0.3) is 0 Å². The Hall–Kier alpha value is -1.83. The standard InChI is InChI=1S/C13H13NO/c1-11-4-6-12(7-5-11)13(15)10-14-8-2-3-9-14/h2-9H,10H2,1H3. The molecule has 1 aromatic carbocycles. The molecule has 0 saturated heterocycles. The van der Waals surface area contributed by atoms with Gasteiger partial charge in [-0.15, -0.1) is 0 Å². The number of nitrogens with zero attached hydrogens (tertiary/aromatic N) is 1. The van der Waals surface area contributed by atoms with Crippen LogP contribution < -0.4 is 0 Å². The Morgan fingerprint density at radius 2 is 1.73 bits per heavy atom. The van der Waals surface area contributed by atoms with Crippen molar-refractivity contribution in [3.05, 3.63) is 59.9 Å². The van der Waals surface area contributed by atoms with Crippen molar-refractivity contribution in [1.29, 1.82) is 0 Å². The minimum absolute atomic E-state index is 0.145. The summed E-state index contributed by atoms with van der Waals surface area (Å²) in [5.41, 5.74) is 1.95. The van der Waals surface area contributed by atoms with Crippen molar-refractivity contribution in [2.45, 2.75) is 13.5 Å². The van der Waals surface area contributed by atoms with Crippen LogP contribution in [0.2, 0.25) is 0 Å². The number of hydrogen-bond donors (Lipinski definition) is 0. The number of Topliss-reactive ketones (excluding diaryl/α,β-unsaturated/α-hetero) is 1. The van der Waals surface area contributed by atoms with E-state index in [1.807, 2.05) is 60.3 Å². The smallest absolute Gasteiger partial charge is 0.182 e. The molecule has 0 aliphatic rings. The summed E-state index contributed by atoms with van der Waals surface area (Å²) in [5.74, 6) is 0.145. The van der Waals surface area contributed by atoms with Crippen LogP contribution in [-0.4, -0.2) is 10.4 Å². The molecule has 0 bridgehead atoms. The number of ketones is 1. The summed E-state index contributed by atoms with van der Waals surface area (Å²) >= 11 is 0. The van der Waals surface area contributed by atoms with Gasteiger partial charge in [-0.3, -0.25) is 4.79 Å². The maximum atomic E-state index is 11.8. The van der Waals surface area contributed by atoms with Crippen LogP contribution in [0.4, 0.5) is 0 Å². The van der Waals surface area contributed by atoms with E-state index in [1.54, 1.807) is 0 Å². The Labute approximate surface area is 89.2 Å². The van der Waals surface area contributed by atoms with E-state index < -0.39 is 0 Å². The third kappa shape index (κ3) is 2.34. The Balaban J connectivity index is 2.11. The van der Waals surface area contributed by atoms with Crippen molar-refractivity contribution in [1.82, 2.24) is 4.57 Å². The highest BCUT2D eigenvalue weighted by Crippen LogP contribution is 2.05. The highest BCUT2D eigenvalue weighted by molar-refractivity contribution is 5.95. The first-order valence-corrected chi connectivity index (χ1v) is 4.96. The fraction of sp³-hybridized carbons (Fsp3) is 0.154. The molecule has 1 aromatic heterocycles. The zero-order chi connectivity index (χ0) is 10.7. The van der Waals surface area contributed by atoms with E-state index >= 15 is 0 Å². The molecule has 0 unspecified atom stereocenters. The van der Waals surface area contributed by atoms with E-state index in [0.29, 0.717) is 6.54 Å². The molecule has 0 fully saturated rings. The summed E-state index contributed by atoms with van der Waals surface area (Å²) in [6.07, 6.45) is 3.79. The van der Waals surface area contributed by atoms with Crippen molar-refractivity contribution >= 4 is 5.78 Å². The van der Waals surface area contributed by atoms with Crippen LogP contribution >= 0.6 is 0 Å². The van der Waals surface area contributed by atoms with Crippen LogP contribution in [-0.2, 0) is 6.54 Å². The second-order valence-corrected chi connectivity index (χ2v) is 3.64. The second kappa shape index (κ2) is 4.13. The fourth-order valence-electron chi connectivity index (χ4n) is 1.47. The van der Waals surface area contributed by atoms with E-state index in [0.717, 1.165) is 5.56 Å². The van der Waals surface area contributed by atoms with E-state index in [9.17, 15) is 4.79 Å². The van der Waals surface area contributed by atoms with Crippen molar-refractivity contribution in [3.8, 4) is 0 Å². The van der Waals surface area contributed by atoms with Gasteiger partial charge in [0, 0.05) is 18.0 Å². The fourth-order valence-corrected chi connectivity index (χ4v) is 1.47. The van der Waals surface area contributed by atoms with Crippen LogP contribution in [0.5, 0.6) is 0 Å². The maximum Gasteiger partial charge on any atom is 0.182 e. The molecule has 0 amide bonds. The van der Waals surface area contributed by atoms with Crippen molar-refractivity contribution < 1.29 is 4.79 Å². The minimum Gasteiger partial charge on any atom is -0.347 e. The number of rotatable bonds is 3. The monoisotopic (exact) mass is 199 g/mol. The summed E-state index contributed by atoms with van der Waals surface area (Å²) in [4.78, 5) is 11.8. The molecular formula is C13H13NO. The molecule has 0 atom stereocenters. The molecule has 0 radical (unpaired) electrons. The molecule has 0 aliphatic heterocycles. The average molecular weight is 199 g/mol. The molecule has 2 nitrogen and oxygen atoms in total. The number of carbonyl (C=O) groups excluding carboxylic acids is 1. The Morgan fingerprint density at radius 1 is 1.13 bits per heavy atom. The van der Waals surface area contributed by atoms with Gasteiger partial charge in [0.15, 0.2) is 5.78 Å². The molecule has 15 heavy (non-hydrogen) atoms. The quantitative estimate of drug-likeness (QED) is 0.696. The summed E-state index contributed by atoms with van der Waals surface area (Å²) in [5, 5.41) is 0. The topological polar surface area (TPSA) is 22.0 Å². The highest BCUT2D eigenvalue weighted by Gasteiger charge is 2.04. The molecule has 76 valence electrons. The van der Waals surface area contributed by atoms with Gasteiger partial charge in [0.05, 0.1) is 6.54 Å². The van der Waals surface area contributed by atoms with Gasteiger partial charge >= 0.3 is 0 Å². The van der Waals surface area contributed by atoms with E-state index in [4.69, 9.17) is 0 Å². The molecule has 0 aliphatic carbocycles. The maximum absolute atomic E-state index is 11.8. The summed E-state index contributed by atoms with van der Waals surface area (Å²) in [7, 11) is 0. The molecule has 2 rings (SSSR count).